The third kappa shape index (κ3) is 2.51. The summed E-state index contributed by atoms with van der Waals surface area (Å²) in [4.78, 5) is 15.8. The molecule has 0 fully saturated rings. The number of rotatable bonds is 3. The second kappa shape index (κ2) is 5.44. The number of esters is 1. The Bertz CT molecular complexity index is 696. The maximum Gasteiger partial charge on any atom is 0.325 e. The van der Waals surface area contributed by atoms with Gasteiger partial charge in [-0.1, -0.05) is 0 Å². The van der Waals surface area contributed by atoms with Crippen molar-refractivity contribution in [3.63, 3.8) is 0 Å². The summed E-state index contributed by atoms with van der Waals surface area (Å²) in [6, 6.07) is 3.04. The number of hydrogen-bond donors (Lipinski definition) is 1. The van der Waals surface area contributed by atoms with E-state index in [9.17, 15) is 9.18 Å². The van der Waals surface area contributed by atoms with Crippen molar-refractivity contribution < 1.29 is 13.9 Å². The predicted octanol–water partition coefficient (Wildman–Crippen LogP) is 1.55. The standard InChI is InChI=1S/C15H18FN3O2/c1-2-21-14(20)8-19-11-4-3-9(17)7-10(11)15-12(19)5-6-13(16)18-15/h5-6,9H,2-4,7-8,17H2,1H3/t9-/m0/s1. The summed E-state index contributed by atoms with van der Waals surface area (Å²) in [5, 5.41) is 0. The van der Waals surface area contributed by atoms with Gasteiger partial charge in [0, 0.05) is 17.3 Å². The normalized spacial score (nSPS) is 17.8. The lowest BCUT2D eigenvalue weighted by Gasteiger charge is -2.20. The smallest absolute Gasteiger partial charge is 0.325 e. The third-order valence-corrected chi connectivity index (χ3v) is 3.90. The Kier molecular flexibility index (Phi) is 3.63. The average molecular weight is 291 g/mol. The highest BCUT2D eigenvalue weighted by atomic mass is 19.1. The van der Waals surface area contributed by atoms with E-state index in [0.717, 1.165) is 29.6 Å². The Balaban J connectivity index is 2.12. The van der Waals surface area contributed by atoms with Crippen LogP contribution in [0.15, 0.2) is 12.1 Å². The molecule has 0 saturated heterocycles. The van der Waals surface area contributed by atoms with E-state index in [-0.39, 0.29) is 18.6 Å². The van der Waals surface area contributed by atoms with Gasteiger partial charge in [0.2, 0.25) is 5.95 Å². The van der Waals surface area contributed by atoms with E-state index < -0.39 is 5.95 Å². The first-order valence-corrected chi connectivity index (χ1v) is 7.17. The predicted molar refractivity (Wildman–Crippen MR) is 76.3 cm³/mol. The zero-order valence-electron chi connectivity index (χ0n) is 11.9. The molecule has 0 aromatic carbocycles. The number of halogens is 1. The van der Waals surface area contributed by atoms with Gasteiger partial charge in [0.15, 0.2) is 0 Å². The lowest BCUT2D eigenvalue weighted by atomic mass is 9.93. The number of hydrogen-bond acceptors (Lipinski definition) is 4. The number of carbonyl (C=O) groups excluding carboxylic acids is 1. The quantitative estimate of drug-likeness (QED) is 0.688. The third-order valence-electron chi connectivity index (χ3n) is 3.90. The number of pyridine rings is 1. The van der Waals surface area contributed by atoms with Gasteiger partial charge in [0.1, 0.15) is 6.54 Å². The summed E-state index contributed by atoms with van der Waals surface area (Å²) >= 11 is 0. The fraction of sp³-hybridized carbons (Fsp3) is 0.467. The summed E-state index contributed by atoms with van der Waals surface area (Å²) in [6.07, 6.45) is 2.29. The Morgan fingerprint density at radius 2 is 2.38 bits per heavy atom. The van der Waals surface area contributed by atoms with Gasteiger partial charge in [-0.2, -0.15) is 4.39 Å². The first kappa shape index (κ1) is 14.0. The van der Waals surface area contributed by atoms with Crippen LogP contribution in [0.4, 0.5) is 4.39 Å². The molecule has 5 nitrogen and oxygen atoms in total. The van der Waals surface area contributed by atoms with Crippen molar-refractivity contribution in [1.82, 2.24) is 9.55 Å². The molecule has 0 amide bonds. The molecular weight excluding hydrogens is 273 g/mol. The number of carbonyl (C=O) groups is 1. The van der Waals surface area contributed by atoms with Crippen molar-refractivity contribution in [2.24, 2.45) is 5.73 Å². The molecule has 0 spiro atoms. The van der Waals surface area contributed by atoms with E-state index in [2.05, 4.69) is 4.98 Å². The number of nitrogens with zero attached hydrogens (tertiary/aromatic N) is 2. The van der Waals surface area contributed by atoms with E-state index in [1.54, 1.807) is 13.0 Å². The Morgan fingerprint density at radius 1 is 1.57 bits per heavy atom. The van der Waals surface area contributed by atoms with Crippen molar-refractivity contribution in [3.05, 3.63) is 29.3 Å². The Labute approximate surface area is 121 Å². The minimum Gasteiger partial charge on any atom is -0.465 e. The first-order chi connectivity index (χ1) is 10.1. The molecule has 0 radical (unpaired) electrons. The highest BCUT2D eigenvalue weighted by molar-refractivity contribution is 5.84. The van der Waals surface area contributed by atoms with E-state index in [1.165, 1.54) is 6.07 Å². The van der Waals surface area contributed by atoms with Crippen LogP contribution in [0.5, 0.6) is 0 Å². The molecule has 21 heavy (non-hydrogen) atoms. The number of ether oxygens (including phenoxy) is 1. The molecule has 3 rings (SSSR count). The van der Waals surface area contributed by atoms with Crippen LogP contribution in [0.2, 0.25) is 0 Å². The van der Waals surface area contributed by atoms with Gasteiger partial charge < -0.3 is 15.0 Å². The molecule has 0 unspecified atom stereocenters. The molecule has 0 aliphatic heterocycles. The second-order valence-electron chi connectivity index (χ2n) is 5.32. The molecule has 6 heteroatoms. The van der Waals surface area contributed by atoms with Gasteiger partial charge in [0.25, 0.3) is 0 Å². The van der Waals surface area contributed by atoms with Crippen LogP contribution >= 0.6 is 0 Å². The van der Waals surface area contributed by atoms with Gasteiger partial charge in [-0.3, -0.25) is 4.79 Å². The maximum atomic E-state index is 13.5. The van der Waals surface area contributed by atoms with Crippen LogP contribution in [0, 0.1) is 5.95 Å². The molecule has 112 valence electrons. The molecule has 0 bridgehead atoms. The summed E-state index contributed by atoms with van der Waals surface area (Å²) < 4.78 is 20.4. The van der Waals surface area contributed by atoms with Crippen molar-refractivity contribution in [2.45, 2.75) is 38.8 Å². The van der Waals surface area contributed by atoms with Crippen LogP contribution < -0.4 is 5.73 Å². The number of aromatic nitrogens is 2. The van der Waals surface area contributed by atoms with Crippen LogP contribution in [0.25, 0.3) is 11.0 Å². The van der Waals surface area contributed by atoms with Gasteiger partial charge in [-0.05, 0) is 38.3 Å². The molecule has 2 heterocycles. The molecule has 2 N–H and O–H groups in total. The van der Waals surface area contributed by atoms with Crippen LogP contribution in [-0.4, -0.2) is 28.2 Å². The van der Waals surface area contributed by atoms with Crippen molar-refractivity contribution in [3.8, 4) is 0 Å². The summed E-state index contributed by atoms with van der Waals surface area (Å²) in [6.45, 7) is 2.25. The Morgan fingerprint density at radius 3 is 3.14 bits per heavy atom. The van der Waals surface area contributed by atoms with Crippen LogP contribution in [0.3, 0.4) is 0 Å². The highest BCUT2D eigenvalue weighted by Gasteiger charge is 2.25. The van der Waals surface area contributed by atoms with Gasteiger partial charge in [-0.25, -0.2) is 4.98 Å². The zero-order chi connectivity index (χ0) is 15.0. The average Bonchev–Trinajstić information content (AvgIpc) is 2.72. The molecular formula is C15H18FN3O2. The topological polar surface area (TPSA) is 70.1 Å². The van der Waals surface area contributed by atoms with E-state index >= 15 is 0 Å². The molecule has 0 saturated carbocycles. The summed E-state index contributed by atoms with van der Waals surface area (Å²) in [5.74, 6) is -0.811. The van der Waals surface area contributed by atoms with E-state index in [1.807, 2.05) is 4.57 Å². The van der Waals surface area contributed by atoms with Crippen molar-refractivity contribution >= 4 is 17.0 Å². The van der Waals surface area contributed by atoms with Crippen LogP contribution in [-0.2, 0) is 28.9 Å². The highest BCUT2D eigenvalue weighted by Crippen LogP contribution is 2.30. The number of fused-ring (bicyclic) bond motifs is 3. The molecule has 2 aromatic rings. The fourth-order valence-corrected chi connectivity index (χ4v) is 3.02. The zero-order valence-corrected chi connectivity index (χ0v) is 11.9. The lowest BCUT2D eigenvalue weighted by molar-refractivity contribution is -0.143. The fourth-order valence-electron chi connectivity index (χ4n) is 3.02. The van der Waals surface area contributed by atoms with Crippen molar-refractivity contribution in [1.29, 1.82) is 0 Å². The second-order valence-corrected chi connectivity index (χ2v) is 5.32. The molecule has 1 aliphatic rings. The minimum atomic E-state index is -0.516. The number of nitrogens with two attached hydrogens (primary N) is 1. The SMILES string of the molecule is CCOC(=O)Cn1c2c(c3nc(F)ccc31)C[C@@H](N)CC2. The van der Waals surface area contributed by atoms with E-state index in [4.69, 9.17) is 10.5 Å². The molecule has 1 aliphatic carbocycles. The summed E-state index contributed by atoms with van der Waals surface area (Å²) in [7, 11) is 0. The first-order valence-electron chi connectivity index (χ1n) is 7.17. The monoisotopic (exact) mass is 291 g/mol. The summed E-state index contributed by atoms with van der Waals surface area (Å²) in [5.41, 5.74) is 9.39. The molecule has 2 aromatic heterocycles. The van der Waals surface area contributed by atoms with Gasteiger partial charge in [0.05, 0.1) is 17.6 Å². The van der Waals surface area contributed by atoms with Gasteiger partial charge >= 0.3 is 5.97 Å². The van der Waals surface area contributed by atoms with Gasteiger partial charge in [-0.15, -0.1) is 0 Å². The maximum absolute atomic E-state index is 13.5. The lowest BCUT2D eigenvalue weighted by Crippen LogP contribution is -2.29. The minimum absolute atomic E-state index is 0.0595. The van der Waals surface area contributed by atoms with Crippen LogP contribution in [0.1, 0.15) is 24.6 Å². The van der Waals surface area contributed by atoms with E-state index in [0.29, 0.717) is 18.5 Å². The van der Waals surface area contributed by atoms with Crippen molar-refractivity contribution in [2.75, 3.05) is 6.61 Å². The molecule has 1 atom stereocenters. The largest absolute Gasteiger partial charge is 0.465 e. The Hall–Kier alpha value is -1.95.